The zero-order chi connectivity index (χ0) is 15.6. The van der Waals surface area contributed by atoms with Gasteiger partial charge in [0.05, 0.1) is 0 Å². The molecule has 1 aliphatic rings. The summed E-state index contributed by atoms with van der Waals surface area (Å²) in [6.07, 6.45) is 1.50. The summed E-state index contributed by atoms with van der Waals surface area (Å²) in [6, 6.07) is 3.15. The van der Waals surface area contributed by atoms with Gasteiger partial charge in [0.15, 0.2) is 0 Å². The minimum Gasteiger partial charge on any atom is -0.339 e. The second-order valence-corrected chi connectivity index (χ2v) is 6.25. The van der Waals surface area contributed by atoms with Crippen LogP contribution in [0.4, 0.5) is 0 Å². The number of piperazine rings is 1. The van der Waals surface area contributed by atoms with E-state index in [1.54, 1.807) is 15.9 Å². The van der Waals surface area contributed by atoms with Gasteiger partial charge < -0.3 is 14.8 Å². The number of carbonyl (C=O) groups excluding carboxylic acids is 2. The Morgan fingerprint density at radius 3 is 2.19 bits per heavy atom. The van der Waals surface area contributed by atoms with E-state index in [9.17, 15) is 14.4 Å². The fourth-order valence-electron chi connectivity index (χ4n) is 2.35. The third-order valence-corrected chi connectivity index (χ3v) is 3.54. The third-order valence-electron chi connectivity index (χ3n) is 3.54. The standard InChI is InChI=1S/C15H21N3O3/c1-15(2,3)14(21)18-9-7-17(8-10-18)13(20)11-5-4-6-16-12(11)19/h4-6H,7-10H2,1-3H3,(H,16,19). The highest BCUT2D eigenvalue weighted by Gasteiger charge is 2.31. The predicted octanol–water partition coefficient (Wildman–Crippen LogP) is 0.705. The van der Waals surface area contributed by atoms with Crippen molar-refractivity contribution in [3.05, 3.63) is 34.2 Å². The number of H-pyrrole nitrogens is 1. The highest BCUT2D eigenvalue weighted by Crippen LogP contribution is 2.18. The van der Waals surface area contributed by atoms with E-state index in [1.807, 2.05) is 20.8 Å². The number of hydrogen-bond acceptors (Lipinski definition) is 3. The minimum absolute atomic E-state index is 0.0900. The summed E-state index contributed by atoms with van der Waals surface area (Å²) in [5.41, 5.74) is -0.647. The first-order valence-corrected chi connectivity index (χ1v) is 7.07. The maximum absolute atomic E-state index is 12.3. The number of amides is 2. The normalized spacial score (nSPS) is 16.0. The van der Waals surface area contributed by atoms with Crippen molar-refractivity contribution in [2.24, 2.45) is 5.41 Å². The Kier molecular flexibility index (Phi) is 4.16. The van der Waals surface area contributed by atoms with Crippen molar-refractivity contribution < 1.29 is 9.59 Å². The smallest absolute Gasteiger partial charge is 0.260 e. The van der Waals surface area contributed by atoms with Crippen molar-refractivity contribution in [3.8, 4) is 0 Å². The number of aromatic amines is 1. The van der Waals surface area contributed by atoms with Gasteiger partial charge in [-0.3, -0.25) is 14.4 Å². The summed E-state index contributed by atoms with van der Waals surface area (Å²) < 4.78 is 0. The molecule has 0 aliphatic carbocycles. The average molecular weight is 291 g/mol. The molecule has 1 N–H and O–H groups in total. The molecule has 0 saturated carbocycles. The Labute approximate surface area is 123 Å². The van der Waals surface area contributed by atoms with Gasteiger partial charge in [-0.2, -0.15) is 0 Å². The lowest BCUT2D eigenvalue weighted by Gasteiger charge is -2.37. The molecule has 1 fully saturated rings. The zero-order valence-corrected chi connectivity index (χ0v) is 12.7. The first-order chi connectivity index (χ1) is 9.80. The molecule has 0 bridgehead atoms. The summed E-state index contributed by atoms with van der Waals surface area (Å²) in [6.45, 7) is 7.58. The van der Waals surface area contributed by atoms with Crippen molar-refractivity contribution in [1.82, 2.24) is 14.8 Å². The number of pyridine rings is 1. The van der Waals surface area contributed by atoms with Crippen molar-refractivity contribution in [1.29, 1.82) is 0 Å². The summed E-state index contributed by atoms with van der Waals surface area (Å²) in [5.74, 6) is -0.188. The summed E-state index contributed by atoms with van der Waals surface area (Å²) in [5, 5.41) is 0. The van der Waals surface area contributed by atoms with E-state index in [1.165, 1.54) is 12.3 Å². The molecular formula is C15H21N3O3. The molecule has 2 amide bonds. The highest BCUT2D eigenvalue weighted by atomic mass is 16.2. The molecule has 0 spiro atoms. The van der Waals surface area contributed by atoms with E-state index in [0.29, 0.717) is 26.2 Å². The monoisotopic (exact) mass is 291 g/mol. The van der Waals surface area contributed by atoms with E-state index < -0.39 is 5.41 Å². The first kappa shape index (κ1) is 15.3. The quantitative estimate of drug-likeness (QED) is 0.828. The van der Waals surface area contributed by atoms with E-state index in [-0.39, 0.29) is 22.9 Å². The second-order valence-electron chi connectivity index (χ2n) is 6.25. The number of hydrogen-bond donors (Lipinski definition) is 1. The van der Waals surface area contributed by atoms with Crippen LogP contribution in [0, 0.1) is 5.41 Å². The zero-order valence-electron chi connectivity index (χ0n) is 12.7. The van der Waals surface area contributed by atoms with Crippen LogP contribution in [0.5, 0.6) is 0 Å². The lowest BCUT2D eigenvalue weighted by molar-refractivity contribution is -0.140. The fourth-order valence-corrected chi connectivity index (χ4v) is 2.35. The molecule has 0 atom stereocenters. The molecule has 0 aromatic carbocycles. The SMILES string of the molecule is CC(C)(C)C(=O)N1CCN(C(=O)c2ccc[nH]c2=O)CC1. The van der Waals surface area contributed by atoms with Crippen LogP contribution < -0.4 is 5.56 Å². The number of nitrogens with zero attached hydrogens (tertiary/aromatic N) is 2. The first-order valence-electron chi connectivity index (χ1n) is 7.07. The van der Waals surface area contributed by atoms with E-state index in [2.05, 4.69) is 4.98 Å². The van der Waals surface area contributed by atoms with Gasteiger partial charge in [-0.1, -0.05) is 20.8 Å². The van der Waals surface area contributed by atoms with Crippen LogP contribution in [0.3, 0.4) is 0 Å². The van der Waals surface area contributed by atoms with Gasteiger partial charge in [0.2, 0.25) is 5.91 Å². The molecule has 21 heavy (non-hydrogen) atoms. The molecule has 1 aliphatic heterocycles. The highest BCUT2D eigenvalue weighted by molar-refractivity contribution is 5.94. The summed E-state index contributed by atoms with van der Waals surface area (Å²) in [7, 11) is 0. The topological polar surface area (TPSA) is 73.5 Å². The predicted molar refractivity (Wildman–Crippen MR) is 79.0 cm³/mol. The van der Waals surface area contributed by atoms with E-state index in [0.717, 1.165) is 0 Å². The lowest BCUT2D eigenvalue weighted by atomic mass is 9.94. The Hall–Kier alpha value is -2.11. The maximum atomic E-state index is 12.3. The molecule has 114 valence electrons. The van der Waals surface area contributed by atoms with Gasteiger partial charge in [0.25, 0.3) is 11.5 Å². The van der Waals surface area contributed by atoms with E-state index in [4.69, 9.17) is 0 Å². The molecule has 0 unspecified atom stereocenters. The second kappa shape index (κ2) is 5.71. The van der Waals surface area contributed by atoms with Crippen molar-refractivity contribution in [3.63, 3.8) is 0 Å². The lowest BCUT2D eigenvalue weighted by Crippen LogP contribution is -2.53. The van der Waals surface area contributed by atoms with Gasteiger partial charge in [-0.05, 0) is 12.1 Å². The Morgan fingerprint density at radius 2 is 1.67 bits per heavy atom. The molecular weight excluding hydrogens is 270 g/mol. The fraction of sp³-hybridized carbons (Fsp3) is 0.533. The van der Waals surface area contributed by atoms with Crippen LogP contribution >= 0.6 is 0 Å². The van der Waals surface area contributed by atoms with Gasteiger partial charge in [0, 0.05) is 37.8 Å². The van der Waals surface area contributed by atoms with Gasteiger partial charge in [-0.25, -0.2) is 0 Å². The van der Waals surface area contributed by atoms with Crippen LogP contribution in [0.1, 0.15) is 31.1 Å². The molecule has 0 radical (unpaired) electrons. The molecule has 1 aromatic rings. The van der Waals surface area contributed by atoms with Crippen LogP contribution in [0.25, 0.3) is 0 Å². The maximum Gasteiger partial charge on any atom is 0.260 e. The molecule has 1 saturated heterocycles. The van der Waals surface area contributed by atoms with Gasteiger partial charge >= 0.3 is 0 Å². The molecule has 1 aromatic heterocycles. The van der Waals surface area contributed by atoms with Crippen LogP contribution in [-0.4, -0.2) is 52.8 Å². The number of carbonyl (C=O) groups is 2. The summed E-state index contributed by atoms with van der Waals surface area (Å²) in [4.78, 5) is 42.0. The Balaban J connectivity index is 2.02. The van der Waals surface area contributed by atoms with Gasteiger partial charge in [-0.15, -0.1) is 0 Å². The largest absolute Gasteiger partial charge is 0.339 e. The van der Waals surface area contributed by atoms with Crippen LogP contribution in [0.2, 0.25) is 0 Å². The molecule has 6 heteroatoms. The van der Waals surface area contributed by atoms with Crippen molar-refractivity contribution in [2.75, 3.05) is 26.2 Å². The molecule has 6 nitrogen and oxygen atoms in total. The van der Waals surface area contributed by atoms with Crippen LogP contribution in [-0.2, 0) is 4.79 Å². The van der Waals surface area contributed by atoms with Crippen molar-refractivity contribution >= 4 is 11.8 Å². The Morgan fingerprint density at radius 1 is 1.10 bits per heavy atom. The minimum atomic E-state index is -0.414. The number of nitrogens with one attached hydrogen (secondary N) is 1. The summed E-state index contributed by atoms with van der Waals surface area (Å²) >= 11 is 0. The molecule has 2 rings (SSSR count). The van der Waals surface area contributed by atoms with E-state index >= 15 is 0 Å². The number of rotatable bonds is 1. The number of aromatic nitrogens is 1. The van der Waals surface area contributed by atoms with Crippen molar-refractivity contribution in [2.45, 2.75) is 20.8 Å². The average Bonchev–Trinajstić information content (AvgIpc) is 2.45. The Bertz CT molecular complexity index is 593. The third kappa shape index (κ3) is 3.32. The molecule has 2 heterocycles. The van der Waals surface area contributed by atoms with Gasteiger partial charge in [0.1, 0.15) is 5.56 Å². The van der Waals surface area contributed by atoms with Crippen LogP contribution in [0.15, 0.2) is 23.1 Å².